The Bertz CT molecular complexity index is 1250. The van der Waals surface area contributed by atoms with Crippen LogP contribution in [0.2, 0.25) is 10.0 Å². The van der Waals surface area contributed by atoms with Crippen LogP contribution in [0.15, 0.2) is 42.5 Å². The maximum atomic E-state index is 13.5. The Kier molecular flexibility index (Phi) is 11.5. The number of sulfonamides is 1. The van der Waals surface area contributed by atoms with E-state index in [-0.39, 0.29) is 50.0 Å². The molecule has 0 heterocycles. The van der Waals surface area contributed by atoms with Gasteiger partial charge in [-0.2, -0.15) is 13.2 Å². The first-order valence-electron chi connectivity index (χ1n) is 12.2. The lowest BCUT2D eigenvalue weighted by molar-refractivity contribution is -0.141. The van der Waals surface area contributed by atoms with Crippen LogP contribution in [0.3, 0.4) is 0 Å². The highest BCUT2D eigenvalue weighted by Gasteiger charge is 2.32. The Morgan fingerprint density at radius 1 is 1.05 bits per heavy atom. The van der Waals surface area contributed by atoms with Crippen LogP contribution in [-0.2, 0) is 32.3 Å². The summed E-state index contributed by atoms with van der Waals surface area (Å²) in [6.07, 6.45) is -3.69. The summed E-state index contributed by atoms with van der Waals surface area (Å²) in [7, 11) is -3.96. The fraction of sp³-hybridized carbons (Fsp3) is 0.462. The number of carbonyl (C=O) groups is 2. The molecule has 1 atom stereocenters. The highest BCUT2D eigenvalue weighted by Crippen LogP contribution is 2.32. The van der Waals surface area contributed by atoms with E-state index < -0.39 is 33.7 Å². The molecule has 0 saturated heterocycles. The number of hydrogen-bond donors (Lipinski definition) is 1. The number of anilines is 1. The molecule has 0 aliphatic carbocycles. The van der Waals surface area contributed by atoms with Crippen molar-refractivity contribution >= 4 is 50.7 Å². The molecule has 0 radical (unpaired) electrons. The fourth-order valence-electron chi connectivity index (χ4n) is 4.00. The molecule has 0 saturated carbocycles. The van der Waals surface area contributed by atoms with Crippen molar-refractivity contribution in [2.45, 2.75) is 64.8 Å². The number of benzene rings is 2. The van der Waals surface area contributed by atoms with E-state index in [4.69, 9.17) is 23.2 Å². The zero-order valence-electron chi connectivity index (χ0n) is 22.1. The van der Waals surface area contributed by atoms with Gasteiger partial charge in [0.05, 0.1) is 17.5 Å². The molecular weight excluding hydrogens is 578 g/mol. The van der Waals surface area contributed by atoms with Gasteiger partial charge < -0.3 is 10.2 Å². The van der Waals surface area contributed by atoms with Crippen molar-refractivity contribution in [2.24, 2.45) is 0 Å². The van der Waals surface area contributed by atoms with E-state index in [9.17, 15) is 31.2 Å². The van der Waals surface area contributed by atoms with Crippen molar-refractivity contribution in [3.8, 4) is 0 Å². The first-order valence-corrected chi connectivity index (χ1v) is 14.8. The van der Waals surface area contributed by atoms with Gasteiger partial charge in [0.25, 0.3) is 0 Å². The number of alkyl halides is 3. The van der Waals surface area contributed by atoms with Crippen LogP contribution >= 0.6 is 23.2 Å². The second kappa shape index (κ2) is 13.7. The van der Waals surface area contributed by atoms with Gasteiger partial charge in [0.15, 0.2) is 0 Å². The first kappa shape index (κ1) is 32.7. The molecule has 0 aliphatic rings. The fourth-order valence-corrected chi connectivity index (χ4v) is 5.47. The maximum Gasteiger partial charge on any atom is 0.416 e. The monoisotopic (exact) mass is 609 g/mol. The van der Waals surface area contributed by atoms with Crippen LogP contribution < -0.4 is 9.62 Å². The summed E-state index contributed by atoms with van der Waals surface area (Å²) in [6, 6.07) is 7.81. The third-order valence-corrected chi connectivity index (χ3v) is 7.72. The summed E-state index contributed by atoms with van der Waals surface area (Å²) in [5.74, 6) is -0.833. The highest BCUT2D eigenvalue weighted by atomic mass is 35.5. The molecule has 2 rings (SSSR count). The maximum absolute atomic E-state index is 13.5. The van der Waals surface area contributed by atoms with Gasteiger partial charge in [0, 0.05) is 41.2 Å². The molecule has 0 spiro atoms. The Labute approximate surface area is 237 Å². The SMILES string of the molecule is CC[C@@H](C(=O)NC(C)C)N(Cc1c(Cl)cccc1Cl)C(=O)CCCN(c1cccc(C(F)(F)F)c1)S(C)(=O)=O. The van der Waals surface area contributed by atoms with Crippen molar-refractivity contribution in [3.05, 3.63) is 63.6 Å². The molecule has 7 nitrogen and oxygen atoms in total. The summed E-state index contributed by atoms with van der Waals surface area (Å²) >= 11 is 12.6. The van der Waals surface area contributed by atoms with E-state index >= 15 is 0 Å². The molecule has 2 amide bonds. The van der Waals surface area contributed by atoms with Crippen LogP contribution in [0, 0.1) is 0 Å². The van der Waals surface area contributed by atoms with Gasteiger partial charge in [-0.25, -0.2) is 8.42 Å². The molecule has 0 aliphatic heterocycles. The van der Waals surface area contributed by atoms with E-state index in [0.717, 1.165) is 28.8 Å². The predicted octanol–water partition coefficient (Wildman–Crippen LogP) is 5.89. The van der Waals surface area contributed by atoms with Crippen LogP contribution in [0.4, 0.5) is 18.9 Å². The topological polar surface area (TPSA) is 86.8 Å². The van der Waals surface area contributed by atoms with Gasteiger partial charge in [-0.15, -0.1) is 0 Å². The van der Waals surface area contributed by atoms with E-state index in [1.54, 1.807) is 39.0 Å². The smallest absolute Gasteiger partial charge is 0.352 e. The second-order valence-corrected chi connectivity index (χ2v) is 12.0. The zero-order chi connectivity index (χ0) is 29.5. The third kappa shape index (κ3) is 9.29. The summed E-state index contributed by atoms with van der Waals surface area (Å²) in [4.78, 5) is 27.8. The Morgan fingerprint density at radius 3 is 2.15 bits per heavy atom. The van der Waals surface area contributed by atoms with Gasteiger partial charge in [-0.1, -0.05) is 42.3 Å². The summed E-state index contributed by atoms with van der Waals surface area (Å²) in [5, 5.41) is 3.42. The largest absolute Gasteiger partial charge is 0.416 e. The quantitative estimate of drug-likeness (QED) is 0.325. The number of rotatable bonds is 12. The Balaban J connectivity index is 2.31. The third-order valence-electron chi connectivity index (χ3n) is 5.82. The highest BCUT2D eigenvalue weighted by molar-refractivity contribution is 7.92. The Morgan fingerprint density at radius 2 is 1.64 bits per heavy atom. The van der Waals surface area contributed by atoms with Crippen molar-refractivity contribution in [2.75, 3.05) is 17.1 Å². The number of halogens is 5. The van der Waals surface area contributed by atoms with E-state index in [2.05, 4.69) is 5.32 Å². The molecule has 1 N–H and O–H groups in total. The minimum atomic E-state index is -4.65. The molecule has 0 unspecified atom stereocenters. The molecule has 0 bridgehead atoms. The van der Waals surface area contributed by atoms with Crippen LogP contribution in [0.25, 0.3) is 0 Å². The number of nitrogens with zero attached hydrogens (tertiary/aromatic N) is 2. The van der Waals surface area contributed by atoms with Crippen molar-refractivity contribution in [1.29, 1.82) is 0 Å². The van der Waals surface area contributed by atoms with Crippen LogP contribution in [0.1, 0.15) is 51.2 Å². The zero-order valence-corrected chi connectivity index (χ0v) is 24.4. The number of carbonyl (C=O) groups excluding carboxylic acids is 2. The molecule has 39 heavy (non-hydrogen) atoms. The van der Waals surface area contributed by atoms with Gasteiger partial charge in [-0.05, 0) is 57.0 Å². The molecule has 216 valence electrons. The van der Waals surface area contributed by atoms with E-state index in [0.29, 0.717) is 15.6 Å². The van der Waals surface area contributed by atoms with Gasteiger partial charge >= 0.3 is 6.18 Å². The molecular formula is C26H32Cl2F3N3O4S. The average Bonchev–Trinajstić information content (AvgIpc) is 2.81. The first-order chi connectivity index (χ1) is 18.1. The van der Waals surface area contributed by atoms with Crippen LogP contribution in [-0.4, -0.2) is 50.0 Å². The lowest BCUT2D eigenvalue weighted by Crippen LogP contribution is -2.50. The standard InChI is InChI=1S/C26H32Cl2F3N3O4S/c1-5-23(25(36)32-17(2)3)33(16-20-21(27)11-7-12-22(20)28)24(35)13-8-14-34(39(4,37)38)19-10-6-9-18(15-19)26(29,30)31/h6-7,9-12,15,17,23H,5,8,13-14,16H2,1-4H3,(H,32,36)/t23-/m0/s1. The van der Waals surface area contributed by atoms with Gasteiger partial charge in [-0.3, -0.25) is 13.9 Å². The predicted molar refractivity (Wildman–Crippen MR) is 147 cm³/mol. The minimum Gasteiger partial charge on any atom is -0.352 e. The molecule has 0 fully saturated rings. The molecule has 2 aromatic carbocycles. The lowest BCUT2D eigenvalue weighted by Gasteiger charge is -2.32. The summed E-state index contributed by atoms with van der Waals surface area (Å²) in [6.45, 7) is 5.01. The minimum absolute atomic E-state index is 0.0167. The van der Waals surface area contributed by atoms with Crippen LogP contribution in [0.5, 0.6) is 0 Å². The second-order valence-electron chi connectivity index (χ2n) is 9.30. The Hall–Kier alpha value is -2.50. The van der Waals surface area contributed by atoms with E-state index in [1.165, 1.54) is 11.0 Å². The van der Waals surface area contributed by atoms with E-state index in [1.807, 2.05) is 0 Å². The molecule has 13 heteroatoms. The lowest BCUT2D eigenvalue weighted by atomic mass is 10.1. The summed E-state index contributed by atoms with van der Waals surface area (Å²) in [5.41, 5.74) is -0.705. The number of amides is 2. The van der Waals surface area contributed by atoms with Crippen molar-refractivity contribution in [1.82, 2.24) is 10.2 Å². The van der Waals surface area contributed by atoms with Gasteiger partial charge in [0.1, 0.15) is 6.04 Å². The van der Waals surface area contributed by atoms with Gasteiger partial charge in [0.2, 0.25) is 21.8 Å². The number of nitrogens with one attached hydrogen (secondary N) is 1. The average molecular weight is 611 g/mol. The molecule has 0 aromatic heterocycles. The normalized spacial score (nSPS) is 12.8. The number of hydrogen-bond acceptors (Lipinski definition) is 4. The molecule has 2 aromatic rings. The van der Waals surface area contributed by atoms with Crippen molar-refractivity contribution in [3.63, 3.8) is 0 Å². The van der Waals surface area contributed by atoms with Crippen molar-refractivity contribution < 1.29 is 31.2 Å². The summed E-state index contributed by atoms with van der Waals surface area (Å²) < 4.78 is 65.3.